The van der Waals surface area contributed by atoms with Crippen molar-refractivity contribution in [1.82, 2.24) is 20.2 Å². The summed E-state index contributed by atoms with van der Waals surface area (Å²) in [5, 5.41) is 5.51. The van der Waals surface area contributed by atoms with Crippen LogP contribution >= 0.6 is 11.8 Å². The topological polar surface area (TPSA) is 104 Å². The Morgan fingerprint density at radius 3 is 2.52 bits per heavy atom. The molecule has 10 heteroatoms. The molecule has 0 spiro atoms. The monoisotopic (exact) mass is 372 g/mol. The molecule has 1 saturated heterocycles. The highest BCUT2D eigenvalue weighted by molar-refractivity contribution is 7.99. The van der Waals surface area contributed by atoms with Gasteiger partial charge in [0.05, 0.1) is 5.69 Å². The van der Waals surface area contributed by atoms with Gasteiger partial charge in [-0.1, -0.05) is 11.8 Å². The summed E-state index contributed by atoms with van der Waals surface area (Å²) in [5.74, 6) is 0. The van der Waals surface area contributed by atoms with Gasteiger partial charge in [0.25, 0.3) is 0 Å². The third-order valence-electron chi connectivity index (χ3n) is 3.72. The van der Waals surface area contributed by atoms with Crippen LogP contribution in [0.3, 0.4) is 0 Å². The first kappa shape index (κ1) is 19.4. The van der Waals surface area contributed by atoms with Crippen molar-refractivity contribution in [3.8, 4) is 0 Å². The third-order valence-corrected chi connectivity index (χ3v) is 4.93. The van der Waals surface area contributed by atoms with Crippen molar-refractivity contribution >= 4 is 23.9 Å². The molecule has 1 aromatic heterocycles. The second kappa shape index (κ2) is 9.52. The Bertz CT molecular complexity index is 601. The van der Waals surface area contributed by atoms with Crippen LogP contribution in [0, 0.1) is 0 Å². The van der Waals surface area contributed by atoms with Crippen LogP contribution in [-0.2, 0) is 34.5 Å². The number of carbonyl (C=O) groups is 2. The number of nitrogens with zero attached hydrogens (tertiary/aromatic N) is 2. The van der Waals surface area contributed by atoms with Gasteiger partial charge in [0.1, 0.15) is 24.3 Å². The minimum atomic E-state index is -0.548. The average molecular weight is 372 g/mol. The van der Waals surface area contributed by atoms with E-state index in [1.54, 1.807) is 0 Å². The molecule has 1 aliphatic rings. The summed E-state index contributed by atoms with van der Waals surface area (Å²) in [5.41, 5.74) is 1.27. The van der Waals surface area contributed by atoms with E-state index in [0.29, 0.717) is 11.4 Å². The summed E-state index contributed by atoms with van der Waals surface area (Å²) in [6.45, 7) is 0.773. The van der Waals surface area contributed by atoms with E-state index in [-0.39, 0.29) is 18.6 Å². The molecule has 1 fully saturated rings. The van der Waals surface area contributed by atoms with Gasteiger partial charge in [-0.15, -0.1) is 0 Å². The molecule has 9 nitrogen and oxygen atoms in total. The maximum Gasteiger partial charge on any atom is 0.407 e. The number of hydrogen-bond acceptors (Lipinski definition) is 7. The smallest absolute Gasteiger partial charge is 0.407 e. The fourth-order valence-electron chi connectivity index (χ4n) is 2.30. The van der Waals surface area contributed by atoms with Gasteiger partial charge in [-0.3, -0.25) is 0 Å². The number of carbonyl (C=O) groups excluding carboxylic acids is 2. The Hall–Kier alpha value is -1.94. The Kier molecular flexibility index (Phi) is 7.38. The van der Waals surface area contributed by atoms with Crippen LogP contribution < -0.4 is 10.6 Å². The van der Waals surface area contributed by atoms with E-state index in [1.165, 1.54) is 25.9 Å². The van der Waals surface area contributed by atoms with Gasteiger partial charge >= 0.3 is 12.2 Å². The zero-order valence-electron chi connectivity index (χ0n) is 14.7. The van der Waals surface area contributed by atoms with E-state index < -0.39 is 12.2 Å². The number of hydrogen-bond donors (Lipinski definition) is 2. The van der Waals surface area contributed by atoms with Crippen LogP contribution in [-0.4, -0.2) is 47.9 Å². The van der Waals surface area contributed by atoms with E-state index in [4.69, 9.17) is 14.2 Å². The quantitative estimate of drug-likeness (QED) is 0.784. The van der Waals surface area contributed by atoms with E-state index in [2.05, 4.69) is 15.6 Å². The minimum absolute atomic E-state index is 0.00790. The van der Waals surface area contributed by atoms with Crippen molar-refractivity contribution in [3.63, 3.8) is 0 Å². The van der Waals surface area contributed by atoms with E-state index in [0.717, 1.165) is 31.0 Å². The number of amides is 2. The van der Waals surface area contributed by atoms with Gasteiger partial charge in [-0.05, 0) is 19.3 Å². The molecular weight excluding hydrogens is 348 g/mol. The van der Waals surface area contributed by atoms with E-state index in [9.17, 15) is 9.59 Å². The molecule has 0 aliphatic carbocycles. The molecule has 0 unspecified atom stereocenters. The summed E-state index contributed by atoms with van der Waals surface area (Å²) in [7, 11) is 4.81. The van der Waals surface area contributed by atoms with E-state index in [1.807, 2.05) is 11.6 Å². The molecule has 2 rings (SSSR count). The SMILES string of the molecule is CNC(=O)OCc1nc(S[C@H]2CCCCO2)n(C)c1COC(=O)NC. The lowest BCUT2D eigenvalue weighted by atomic mass is 10.2. The highest BCUT2D eigenvalue weighted by atomic mass is 32.2. The summed E-state index contributed by atoms with van der Waals surface area (Å²) < 4.78 is 17.8. The van der Waals surface area contributed by atoms with E-state index >= 15 is 0 Å². The van der Waals surface area contributed by atoms with Crippen LogP contribution in [0.4, 0.5) is 9.59 Å². The summed E-state index contributed by atoms with van der Waals surface area (Å²) >= 11 is 1.52. The Labute approximate surface area is 150 Å². The van der Waals surface area contributed by atoms with Gasteiger partial charge in [0.15, 0.2) is 5.16 Å². The van der Waals surface area contributed by atoms with Crippen molar-refractivity contribution in [3.05, 3.63) is 11.4 Å². The molecule has 1 atom stereocenters. The number of rotatable bonds is 6. The first-order chi connectivity index (χ1) is 12.0. The minimum Gasteiger partial charge on any atom is -0.443 e. The number of ether oxygens (including phenoxy) is 3. The highest BCUT2D eigenvalue weighted by Crippen LogP contribution is 2.31. The van der Waals surface area contributed by atoms with Gasteiger partial charge < -0.3 is 29.4 Å². The molecule has 1 aromatic rings. The summed E-state index contributed by atoms with van der Waals surface area (Å²) in [6, 6.07) is 0. The average Bonchev–Trinajstić information content (AvgIpc) is 2.93. The van der Waals surface area contributed by atoms with Crippen LogP contribution in [0.5, 0.6) is 0 Å². The Morgan fingerprint density at radius 1 is 1.24 bits per heavy atom. The molecule has 2 N–H and O–H groups in total. The summed E-state index contributed by atoms with van der Waals surface area (Å²) in [6.07, 6.45) is 2.08. The molecule has 1 aliphatic heterocycles. The predicted octanol–water partition coefficient (Wildman–Crippen LogP) is 1.75. The zero-order chi connectivity index (χ0) is 18.2. The fourth-order valence-corrected chi connectivity index (χ4v) is 3.41. The molecule has 0 aromatic carbocycles. The predicted molar refractivity (Wildman–Crippen MR) is 91.1 cm³/mol. The number of imidazole rings is 1. The van der Waals surface area contributed by atoms with Crippen molar-refractivity contribution < 1.29 is 23.8 Å². The van der Waals surface area contributed by atoms with Crippen molar-refractivity contribution in [1.29, 1.82) is 0 Å². The molecule has 0 saturated carbocycles. The van der Waals surface area contributed by atoms with Crippen LogP contribution in [0.2, 0.25) is 0 Å². The van der Waals surface area contributed by atoms with Gasteiger partial charge in [0.2, 0.25) is 0 Å². The lowest BCUT2D eigenvalue weighted by molar-refractivity contribution is 0.0725. The number of alkyl carbamates (subject to hydrolysis) is 2. The first-order valence-electron chi connectivity index (χ1n) is 8.07. The van der Waals surface area contributed by atoms with Crippen LogP contribution in [0.1, 0.15) is 30.7 Å². The van der Waals surface area contributed by atoms with Crippen LogP contribution in [0.25, 0.3) is 0 Å². The number of thioether (sulfide) groups is 1. The molecule has 25 heavy (non-hydrogen) atoms. The fraction of sp³-hybridized carbons (Fsp3) is 0.667. The molecule has 0 radical (unpaired) electrons. The molecule has 140 valence electrons. The lowest BCUT2D eigenvalue weighted by Gasteiger charge is -2.21. The normalized spacial score (nSPS) is 17.0. The van der Waals surface area contributed by atoms with Crippen molar-refractivity contribution in [2.45, 2.75) is 43.1 Å². The largest absolute Gasteiger partial charge is 0.443 e. The molecular formula is C15H24N4O5S. The molecule has 2 amide bonds. The first-order valence-corrected chi connectivity index (χ1v) is 8.94. The second-order valence-electron chi connectivity index (χ2n) is 5.41. The zero-order valence-corrected chi connectivity index (χ0v) is 15.5. The lowest BCUT2D eigenvalue weighted by Crippen LogP contribution is -2.21. The second-order valence-corrected chi connectivity index (χ2v) is 6.54. The van der Waals surface area contributed by atoms with Gasteiger partial charge in [-0.2, -0.15) is 0 Å². The third kappa shape index (κ3) is 5.53. The van der Waals surface area contributed by atoms with Crippen molar-refractivity contribution in [2.24, 2.45) is 7.05 Å². The number of aromatic nitrogens is 2. The van der Waals surface area contributed by atoms with Gasteiger partial charge in [0, 0.05) is 27.7 Å². The Balaban J connectivity index is 2.13. The van der Waals surface area contributed by atoms with Gasteiger partial charge in [-0.25, -0.2) is 14.6 Å². The maximum atomic E-state index is 11.4. The molecule has 0 bridgehead atoms. The highest BCUT2D eigenvalue weighted by Gasteiger charge is 2.22. The molecule has 2 heterocycles. The van der Waals surface area contributed by atoms with Crippen LogP contribution in [0.15, 0.2) is 5.16 Å². The standard InChI is InChI=1S/C15H24N4O5S/c1-16-14(20)23-8-10-11(9-24-15(21)17-2)19(3)13(18-10)25-12-6-4-5-7-22-12/h12H,4-9H2,1-3H3,(H,16,20)(H,17,21)/t12-/m0/s1. The number of nitrogens with one attached hydrogen (secondary N) is 2. The maximum absolute atomic E-state index is 11.4. The van der Waals surface area contributed by atoms with Crippen molar-refractivity contribution in [2.75, 3.05) is 20.7 Å². The summed E-state index contributed by atoms with van der Waals surface area (Å²) in [4.78, 5) is 27.2. The Morgan fingerprint density at radius 2 is 1.92 bits per heavy atom.